The van der Waals surface area contributed by atoms with E-state index in [1.165, 1.54) is 12.8 Å². The molecule has 1 heteroatoms. The van der Waals surface area contributed by atoms with Crippen LogP contribution >= 0.6 is 0 Å². The third kappa shape index (κ3) is 5.84. The van der Waals surface area contributed by atoms with Gasteiger partial charge in [-0.15, -0.1) is 0 Å². The first-order valence-electron chi connectivity index (χ1n) is 3.84. The monoisotopic (exact) mass is 130 g/mol. The van der Waals surface area contributed by atoms with E-state index in [1.54, 1.807) is 0 Å². The minimum absolute atomic E-state index is 0.119. The van der Waals surface area contributed by atoms with Gasteiger partial charge in [0, 0.05) is 0 Å². The van der Waals surface area contributed by atoms with Crippen LogP contribution < -0.4 is 0 Å². The Kier molecular flexibility index (Phi) is 4.78. The van der Waals surface area contributed by atoms with E-state index in [0.717, 1.165) is 6.42 Å². The second kappa shape index (κ2) is 4.80. The maximum atomic E-state index is 8.95. The van der Waals surface area contributed by atoms with Crippen LogP contribution in [0.3, 0.4) is 0 Å². The highest BCUT2D eigenvalue weighted by Gasteiger charge is 2.03. The molecule has 0 heterocycles. The van der Waals surface area contributed by atoms with Crippen LogP contribution in [0.1, 0.15) is 40.0 Å². The highest BCUT2D eigenvalue weighted by Crippen LogP contribution is 2.11. The predicted octanol–water partition coefficient (Wildman–Crippen LogP) is 2.19. The molecule has 0 aromatic carbocycles. The van der Waals surface area contributed by atoms with E-state index in [1.807, 2.05) is 6.92 Å². The summed E-state index contributed by atoms with van der Waals surface area (Å²) in [5, 5.41) is 8.95. The van der Waals surface area contributed by atoms with Gasteiger partial charge in [0.15, 0.2) is 0 Å². The van der Waals surface area contributed by atoms with E-state index < -0.39 is 0 Å². The lowest BCUT2D eigenvalue weighted by Crippen LogP contribution is -2.06. The average molecular weight is 130 g/mol. The predicted molar refractivity (Wildman–Crippen MR) is 40.4 cm³/mol. The molecule has 0 saturated heterocycles. The standard InChI is InChI=1S/C8H18O/c1-4-5-7(2)6-8(3)9/h7-9H,4-6H2,1-3H3/t7-,8-/m0/s1. The van der Waals surface area contributed by atoms with E-state index in [0.29, 0.717) is 5.92 Å². The summed E-state index contributed by atoms with van der Waals surface area (Å²) < 4.78 is 0. The SMILES string of the molecule is CCC[C@H](C)C[C@H](C)O. The van der Waals surface area contributed by atoms with Crippen molar-refractivity contribution in [2.45, 2.75) is 46.1 Å². The number of aliphatic hydroxyl groups excluding tert-OH is 1. The van der Waals surface area contributed by atoms with E-state index in [4.69, 9.17) is 5.11 Å². The molecule has 0 aliphatic carbocycles. The van der Waals surface area contributed by atoms with Crippen molar-refractivity contribution in [1.82, 2.24) is 0 Å². The molecule has 2 atom stereocenters. The van der Waals surface area contributed by atoms with Crippen molar-refractivity contribution < 1.29 is 5.11 Å². The molecule has 0 aromatic rings. The van der Waals surface area contributed by atoms with Crippen LogP contribution in [0.5, 0.6) is 0 Å². The van der Waals surface area contributed by atoms with Gasteiger partial charge in [0.2, 0.25) is 0 Å². The van der Waals surface area contributed by atoms with Crippen LogP contribution in [0, 0.1) is 5.92 Å². The summed E-state index contributed by atoms with van der Waals surface area (Å²) in [4.78, 5) is 0. The van der Waals surface area contributed by atoms with Crippen LogP contribution in [0.2, 0.25) is 0 Å². The Hall–Kier alpha value is -0.0400. The number of aliphatic hydroxyl groups is 1. The highest BCUT2D eigenvalue weighted by atomic mass is 16.3. The van der Waals surface area contributed by atoms with Crippen molar-refractivity contribution in [1.29, 1.82) is 0 Å². The largest absolute Gasteiger partial charge is 0.393 e. The molecule has 1 N–H and O–H groups in total. The first-order chi connectivity index (χ1) is 4.16. The zero-order valence-electron chi connectivity index (χ0n) is 6.72. The smallest absolute Gasteiger partial charge is 0.0514 e. The molecule has 0 radical (unpaired) electrons. The van der Waals surface area contributed by atoms with Gasteiger partial charge >= 0.3 is 0 Å². The van der Waals surface area contributed by atoms with Gasteiger partial charge < -0.3 is 5.11 Å². The Morgan fingerprint density at radius 2 is 1.89 bits per heavy atom. The topological polar surface area (TPSA) is 20.2 Å². The van der Waals surface area contributed by atoms with Gasteiger partial charge in [0.1, 0.15) is 0 Å². The molecule has 0 unspecified atom stereocenters. The maximum Gasteiger partial charge on any atom is 0.0514 e. The minimum atomic E-state index is -0.119. The molecule has 9 heavy (non-hydrogen) atoms. The van der Waals surface area contributed by atoms with Crippen LogP contribution in [0.4, 0.5) is 0 Å². The summed E-state index contributed by atoms with van der Waals surface area (Å²) >= 11 is 0. The van der Waals surface area contributed by atoms with Crippen molar-refractivity contribution in [2.75, 3.05) is 0 Å². The van der Waals surface area contributed by atoms with Gasteiger partial charge in [-0.2, -0.15) is 0 Å². The fraction of sp³-hybridized carbons (Fsp3) is 1.00. The molecule has 0 aliphatic heterocycles. The third-order valence-corrected chi connectivity index (χ3v) is 1.52. The average Bonchev–Trinajstić information content (AvgIpc) is 1.63. The van der Waals surface area contributed by atoms with Gasteiger partial charge in [-0.1, -0.05) is 26.7 Å². The van der Waals surface area contributed by atoms with E-state index in [-0.39, 0.29) is 6.10 Å². The molecular formula is C8H18O. The van der Waals surface area contributed by atoms with Gasteiger partial charge in [-0.3, -0.25) is 0 Å². The molecule has 0 bridgehead atoms. The van der Waals surface area contributed by atoms with Crippen LogP contribution in [-0.2, 0) is 0 Å². The molecule has 0 fully saturated rings. The summed E-state index contributed by atoms with van der Waals surface area (Å²) in [6.45, 7) is 6.22. The van der Waals surface area contributed by atoms with Gasteiger partial charge in [0.05, 0.1) is 6.10 Å². The summed E-state index contributed by atoms with van der Waals surface area (Å²) in [7, 11) is 0. The Morgan fingerprint density at radius 1 is 1.33 bits per heavy atom. The number of hydrogen-bond acceptors (Lipinski definition) is 1. The molecule has 0 aromatic heterocycles. The zero-order chi connectivity index (χ0) is 7.28. The number of rotatable bonds is 4. The van der Waals surface area contributed by atoms with Crippen molar-refractivity contribution in [3.8, 4) is 0 Å². The van der Waals surface area contributed by atoms with Crippen LogP contribution in [0.15, 0.2) is 0 Å². The molecule has 0 spiro atoms. The zero-order valence-corrected chi connectivity index (χ0v) is 6.72. The van der Waals surface area contributed by atoms with Crippen LogP contribution in [-0.4, -0.2) is 11.2 Å². The molecule has 0 aliphatic rings. The quantitative estimate of drug-likeness (QED) is 0.618. The van der Waals surface area contributed by atoms with E-state index in [9.17, 15) is 0 Å². The van der Waals surface area contributed by atoms with E-state index in [2.05, 4.69) is 13.8 Å². The number of hydrogen-bond donors (Lipinski definition) is 1. The highest BCUT2D eigenvalue weighted by molar-refractivity contribution is 4.55. The van der Waals surface area contributed by atoms with E-state index >= 15 is 0 Å². The Morgan fingerprint density at radius 3 is 2.22 bits per heavy atom. The maximum absolute atomic E-state index is 8.95. The molecule has 0 rings (SSSR count). The lowest BCUT2D eigenvalue weighted by Gasteiger charge is -2.10. The molecule has 0 saturated carbocycles. The third-order valence-electron chi connectivity index (χ3n) is 1.52. The van der Waals surface area contributed by atoms with Crippen molar-refractivity contribution in [3.05, 3.63) is 0 Å². The van der Waals surface area contributed by atoms with Crippen molar-refractivity contribution in [3.63, 3.8) is 0 Å². The molecule has 1 nitrogen and oxygen atoms in total. The van der Waals surface area contributed by atoms with Gasteiger partial charge in [0.25, 0.3) is 0 Å². The van der Waals surface area contributed by atoms with Crippen molar-refractivity contribution >= 4 is 0 Å². The fourth-order valence-electron chi connectivity index (χ4n) is 1.19. The fourth-order valence-corrected chi connectivity index (χ4v) is 1.19. The Labute approximate surface area is 58.1 Å². The van der Waals surface area contributed by atoms with Gasteiger partial charge in [-0.05, 0) is 19.3 Å². The molecule has 56 valence electrons. The Balaban J connectivity index is 3.15. The lowest BCUT2D eigenvalue weighted by molar-refractivity contribution is 0.161. The molecular weight excluding hydrogens is 112 g/mol. The Bertz CT molecular complexity index is 59.6. The minimum Gasteiger partial charge on any atom is -0.393 e. The van der Waals surface area contributed by atoms with Crippen molar-refractivity contribution in [2.24, 2.45) is 5.92 Å². The summed E-state index contributed by atoms with van der Waals surface area (Å²) in [5.41, 5.74) is 0. The summed E-state index contributed by atoms with van der Waals surface area (Å²) in [6.07, 6.45) is 3.30. The molecule has 0 amide bonds. The van der Waals surface area contributed by atoms with Crippen LogP contribution in [0.25, 0.3) is 0 Å². The summed E-state index contributed by atoms with van der Waals surface area (Å²) in [6, 6.07) is 0. The second-order valence-electron chi connectivity index (χ2n) is 2.98. The second-order valence-corrected chi connectivity index (χ2v) is 2.98. The first kappa shape index (κ1) is 8.96. The first-order valence-corrected chi connectivity index (χ1v) is 3.84. The lowest BCUT2D eigenvalue weighted by atomic mass is 10.00. The summed E-state index contributed by atoms with van der Waals surface area (Å²) in [5.74, 6) is 0.690. The van der Waals surface area contributed by atoms with Gasteiger partial charge in [-0.25, -0.2) is 0 Å². The normalized spacial score (nSPS) is 17.3.